The van der Waals surface area contributed by atoms with E-state index in [1.54, 1.807) is 0 Å². The number of aliphatic hydroxyl groups is 1. The van der Waals surface area contributed by atoms with Gasteiger partial charge in [0.2, 0.25) is 0 Å². The fourth-order valence-electron chi connectivity index (χ4n) is 1.92. The Labute approximate surface area is 92.4 Å². The van der Waals surface area contributed by atoms with Crippen molar-refractivity contribution in [1.29, 1.82) is 0 Å². The summed E-state index contributed by atoms with van der Waals surface area (Å²) < 4.78 is 5.30. The Morgan fingerprint density at radius 3 is 2.60 bits per heavy atom. The number of morpholine rings is 1. The van der Waals surface area contributed by atoms with E-state index in [-0.39, 0.29) is 11.6 Å². The maximum atomic E-state index is 10.1. The van der Waals surface area contributed by atoms with E-state index in [1.807, 2.05) is 0 Å². The highest BCUT2D eigenvalue weighted by Crippen LogP contribution is 2.23. The third kappa shape index (κ3) is 3.20. The second-order valence-corrected chi connectivity index (χ2v) is 4.51. The molecule has 15 heavy (non-hydrogen) atoms. The van der Waals surface area contributed by atoms with Gasteiger partial charge in [-0.05, 0) is 20.3 Å². The first-order valence-corrected chi connectivity index (χ1v) is 5.53. The number of nitrogens with zero attached hydrogens (tertiary/aromatic N) is 1. The summed E-state index contributed by atoms with van der Waals surface area (Å²) in [4.78, 5) is 2.28. The molecule has 1 unspecified atom stereocenters. The van der Waals surface area contributed by atoms with Gasteiger partial charge in [0.1, 0.15) is 0 Å². The summed E-state index contributed by atoms with van der Waals surface area (Å²) in [7, 11) is 0. The van der Waals surface area contributed by atoms with Gasteiger partial charge in [0.25, 0.3) is 0 Å². The Morgan fingerprint density at radius 1 is 1.47 bits per heavy atom. The molecule has 1 aliphatic heterocycles. The highest BCUT2D eigenvalue weighted by molar-refractivity contribution is 4.93. The maximum absolute atomic E-state index is 10.1. The lowest BCUT2D eigenvalue weighted by atomic mass is 9.91. The van der Waals surface area contributed by atoms with Crippen LogP contribution in [0.15, 0.2) is 0 Å². The minimum absolute atomic E-state index is 0.208. The quantitative estimate of drug-likeness (QED) is 0.700. The van der Waals surface area contributed by atoms with Gasteiger partial charge in [-0.25, -0.2) is 0 Å². The van der Waals surface area contributed by atoms with E-state index in [1.165, 1.54) is 0 Å². The SMILES string of the molecule is C#CCCC(O)C(C)(C)N1CCOCC1. The zero-order valence-corrected chi connectivity index (χ0v) is 9.70. The zero-order chi connectivity index (χ0) is 11.3. The van der Waals surface area contributed by atoms with E-state index in [0.717, 1.165) is 26.3 Å². The first kappa shape index (κ1) is 12.5. The number of hydrogen-bond donors (Lipinski definition) is 1. The lowest BCUT2D eigenvalue weighted by Gasteiger charge is -2.43. The highest BCUT2D eigenvalue weighted by Gasteiger charge is 2.34. The molecule has 0 spiro atoms. The van der Waals surface area contributed by atoms with Crippen LogP contribution in [0.3, 0.4) is 0 Å². The molecule has 1 atom stereocenters. The van der Waals surface area contributed by atoms with Crippen LogP contribution in [0.4, 0.5) is 0 Å². The molecule has 0 aromatic rings. The van der Waals surface area contributed by atoms with Crippen LogP contribution in [0.25, 0.3) is 0 Å². The van der Waals surface area contributed by atoms with E-state index in [2.05, 4.69) is 24.7 Å². The molecule has 1 aliphatic rings. The Bertz CT molecular complexity index is 226. The van der Waals surface area contributed by atoms with E-state index >= 15 is 0 Å². The second-order valence-electron chi connectivity index (χ2n) is 4.51. The van der Waals surface area contributed by atoms with Crippen molar-refractivity contribution < 1.29 is 9.84 Å². The molecule has 3 nitrogen and oxygen atoms in total. The predicted octanol–water partition coefficient (Wildman–Crippen LogP) is 0.871. The molecule has 1 heterocycles. The van der Waals surface area contributed by atoms with Crippen molar-refractivity contribution in [3.63, 3.8) is 0 Å². The normalized spacial score (nSPS) is 20.9. The van der Waals surface area contributed by atoms with Crippen LogP contribution in [0.1, 0.15) is 26.7 Å². The second kappa shape index (κ2) is 5.50. The molecule has 1 N–H and O–H groups in total. The van der Waals surface area contributed by atoms with Crippen molar-refractivity contribution in [3.05, 3.63) is 0 Å². The van der Waals surface area contributed by atoms with Gasteiger partial charge in [0.15, 0.2) is 0 Å². The van der Waals surface area contributed by atoms with Gasteiger partial charge in [0.05, 0.1) is 19.3 Å². The minimum Gasteiger partial charge on any atom is -0.391 e. The molecular formula is C12H21NO2. The van der Waals surface area contributed by atoms with Crippen LogP contribution in [0.5, 0.6) is 0 Å². The Morgan fingerprint density at radius 2 is 2.07 bits per heavy atom. The summed E-state index contributed by atoms with van der Waals surface area (Å²) in [6, 6.07) is 0. The number of hydrogen-bond acceptors (Lipinski definition) is 3. The molecule has 1 rings (SSSR count). The van der Waals surface area contributed by atoms with Crippen LogP contribution >= 0.6 is 0 Å². The van der Waals surface area contributed by atoms with Crippen molar-refractivity contribution in [1.82, 2.24) is 4.90 Å². The monoisotopic (exact) mass is 211 g/mol. The molecular weight excluding hydrogens is 190 g/mol. The molecule has 0 aromatic carbocycles. The van der Waals surface area contributed by atoms with E-state index < -0.39 is 0 Å². The molecule has 86 valence electrons. The topological polar surface area (TPSA) is 32.7 Å². The fraction of sp³-hybridized carbons (Fsp3) is 0.833. The van der Waals surface area contributed by atoms with Gasteiger partial charge < -0.3 is 9.84 Å². The zero-order valence-electron chi connectivity index (χ0n) is 9.70. The average Bonchev–Trinajstić information content (AvgIpc) is 2.27. The number of terminal acetylenes is 1. The predicted molar refractivity (Wildman–Crippen MR) is 60.5 cm³/mol. The first-order valence-electron chi connectivity index (χ1n) is 5.53. The fourth-order valence-corrected chi connectivity index (χ4v) is 1.92. The molecule has 0 saturated carbocycles. The largest absolute Gasteiger partial charge is 0.391 e. The molecule has 0 aliphatic carbocycles. The van der Waals surface area contributed by atoms with Crippen LogP contribution in [0.2, 0.25) is 0 Å². The van der Waals surface area contributed by atoms with E-state index in [4.69, 9.17) is 11.2 Å². The van der Waals surface area contributed by atoms with E-state index in [9.17, 15) is 5.11 Å². The van der Waals surface area contributed by atoms with Crippen molar-refractivity contribution >= 4 is 0 Å². The van der Waals surface area contributed by atoms with Gasteiger partial charge in [-0.15, -0.1) is 12.3 Å². The van der Waals surface area contributed by atoms with E-state index in [0.29, 0.717) is 12.8 Å². The molecule has 1 fully saturated rings. The third-order valence-corrected chi connectivity index (χ3v) is 3.20. The van der Waals surface area contributed by atoms with Crippen molar-refractivity contribution in [2.75, 3.05) is 26.3 Å². The summed E-state index contributed by atoms with van der Waals surface area (Å²) in [6.45, 7) is 7.43. The number of rotatable bonds is 4. The van der Waals surface area contributed by atoms with Gasteiger partial charge in [-0.1, -0.05) is 0 Å². The molecule has 0 radical (unpaired) electrons. The summed E-state index contributed by atoms with van der Waals surface area (Å²) in [5, 5.41) is 10.1. The Hall–Kier alpha value is -0.560. The van der Waals surface area contributed by atoms with Crippen molar-refractivity contribution in [2.24, 2.45) is 0 Å². The molecule has 0 aromatic heterocycles. The van der Waals surface area contributed by atoms with Gasteiger partial charge in [-0.2, -0.15) is 0 Å². The highest BCUT2D eigenvalue weighted by atomic mass is 16.5. The molecule has 0 bridgehead atoms. The molecule has 3 heteroatoms. The summed E-state index contributed by atoms with van der Waals surface area (Å²) >= 11 is 0. The molecule has 0 amide bonds. The third-order valence-electron chi connectivity index (χ3n) is 3.20. The summed E-state index contributed by atoms with van der Waals surface area (Å²) in [6.07, 6.45) is 6.14. The van der Waals surface area contributed by atoms with Crippen LogP contribution in [-0.2, 0) is 4.74 Å². The Kier molecular flexibility index (Phi) is 4.59. The standard InChI is InChI=1S/C12H21NO2/c1-4-5-6-11(14)12(2,3)13-7-9-15-10-8-13/h1,11,14H,5-10H2,2-3H3. The maximum Gasteiger partial charge on any atom is 0.0727 e. The first-order chi connectivity index (χ1) is 7.09. The lowest BCUT2D eigenvalue weighted by Crippen LogP contribution is -2.56. The molecule has 1 saturated heterocycles. The smallest absolute Gasteiger partial charge is 0.0727 e. The van der Waals surface area contributed by atoms with Crippen LogP contribution < -0.4 is 0 Å². The van der Waals surface area contributed by atoms with Gasteiger partial charge in [0, 0.05) is 25.0 Å². The Balaban J connectivity index is 2.51. The average molecular weight is 211 g/mol. The minimum atomic E-state index is -0.369. The lowest BCUT2D eigenvalue weighted by molar-refractivity contribution is -0.0632. The van der Waals surface area contributed by atoms with Crippen molar-refractivity contribution in [2.45, 2.75) is 38.3 Å². The number of ether oxygens (including phenoxy) is 1. The van der Waals surface area contributed by atoms with Crippen molar-refractivity contribution in [3.8, 4) is 12.3 Å². The number of aliphatic hydroxyl groups excluding tert-OH is 1. The summed E-state index contributed by atoms with van der Waals surface area (Å²) in [5.74, 6) is 2.57. The summed E-state index contributed by atoms with van der Waals surface area (Å²) in [5.41, 5.74) is -0.208. The van der Waals surface area contributed by atoms with Gasteiger partial charge >= 0.3 is 0 Å². The van der Waals surface area contributed by atoms with Crippen LogP contribution in [-0.4, -0.2) is 48.0 Å². The van der Waals surface area contributed by atoms with Crippen LogP contribution in [0, 0.1) is 12.3 Å². The van der Waals surface area contributed by atoms with Gasteiger partial charge in [-0.3, -0.25) is 4.90 Å².